The Morgan fingerprint density at radius 1 is 1.12 bits per heavy atom. The van der Waals surface area contributed by atoms with Crippen LogP contribution >= 0.6 is 0 Å². The number of rotatable bonds is 6. The number of aromatic amines is 1. The number of nitro benzene ring substituents is 1. The molecule has 6 rings (SSSR count). The monoisotopic (exact) mass is 580 g/mol. The van der Waals surface area contributed by atoms with E-state index in [4.69, 9.17) is 0 Å². The number of aromatic hydroxyl groups is 1. The molecule has 10 atom stereocenters. The molecule has 1 aromatic heterocycles. The van der Waals surface area contributed by atoms with Gasteiger partial charge < -0.3 is 20.3 Å². The second-order valence-corrected chi connectivity index (χ2v) is 14.4. The lowest BCUT2D eigenvalue weighted by Gasteiger charge is -2.62. The smallest absolute Gasteiger partial charge is 0.270 e. The number of carbonyl (C=O) groups excluding carboxylic acids is 1. The highest BCUT2D eigenvalue weighted by molar-refractivity contribution is 5.95. The van der Waals surface area contributed by atoms with Gasteiger partial charge in [-0.3, -0.25) is 14.9 Å². The molecule has 4 aliphatic carbocycles. The van der Waals surface area contributed by atoms with E-state index in [0.29, 0.717) is 52.8 Å². The van der Waals surface area contributed by atoms with E-state index in [-0.39, 0.29) is 52.6 Å². The number of H-pyrrole nitrogens is 1. The maximum Gasteiger partial charge on any atom is 0.270 e. The number of aromatic nitrogens is 1. The molecule has 10 nitrogen and oxygen atoms in total. The van der Waals surface area contributed by atoms with Crippen LogP contribution in [0.1, 0.15) is 85.0 Å². The molecule has 1 amide bonds. The molecule has 1 aromatic carbocycles. The third-order valence-electron chi connectivity index (χ3n) is 12.4. The van der Waals surface area contributed by atoms with Crippen molar-refractivity contribution in [3.63, 3.8) is 0 Å². The van der Waals surface area contributed by atoms with E-state index in [2.05, 4.69) is 36.0 Å². The zero-order chi connectivity index (χ0) is 30.0. The first-order valence-electron chi connectivity index (χ1n) is 15.7. The van der Waals surface area contributed by atoms with Gasteiger partial charge in [-0.15, -0.1) is 10.2 Å². The van der Waals surface area contributed by atoms with Gasteiger partial charge in [0.25, 0.3) is 11.6 Å². The van der Waals surface area contributed by atoms with E-state index < -0.39 is 4.92 Å². The van der Waals surface area contributed by atoms with Crippen molar-refractivity contribution in [1.82, 2.24) is 4.98 Å². The summed E-state index contributed by atoms with van der Waals surface area (Å²) < 4.78 is 0. The fourth-order valence-electron chi connectivity index (χ4n) is 10.2. The van der Waals surface area contributed by atoms with Gasteiger partial charge in [0.05, 0.1) is 22.6 Å². The number of aliphatic hydroxyl groups is 2. The number of aliphatic hydroxyl groups excluding tert-OH is 2. The lowest BCUT2D eigenvalue weighted by Crippen LogP contribution is -2.58. The van der Waals surface area contributed by atoms with E-state index in [1.165, 1.54) is 18.2 Å². The van der Waals surface area contributed by atoms with Crippen LogP contribution in [0.4, 0.5) is 11.4 Å². The Kier molecular flexibility index (Phi) is 7.45. The summed E-state index contributed by atoms with van der Waals surface area (Å²) in [5.74, 6) is 1.82. The molecule has 42 heavy (non-hydrogen) atoms. The number of hydrogen-bond donors (Lipinski definition) is 4. The van der Waals surface area contributed by atoms with Crippen LogP contribution < -0.4 is 0 Å². The number of fused-ring (bicyclic) bond motifs is 6. The number of nitrogens with zero attached hydrogens (tertiary/aromatic N) is 3. The molecule has 4 fully saturated rings. The minimum Gasteiger partial charge on any atom is -0.493 e. The van der Waals surface area contributed by atoms with Crippen LogP contribution in [0.15, 0.2) is 28.4 Å². The van der Waals surface area contributed by atoms with Crippen molar-refractivity contribution in [2.75, 3.05) is 0 Å². The van der Waals surface area contributed by atoms with Crippen LogP contribution in [-0.2, 0) is 4.79 Å². The average molecular weight is 581 g/mol. The fraction of sp³-hybridized carbons (Fsp3) is 0.719. The third kappa shape index (κ3) is 4.75. The van der Waals surface area contributed by atoms with E-state index in [1.54, 1.807) is 0 Å². The molecule has 1 heterocycles. The van der Waals surface area contributed by atoms with Crippen LogP contribution in [0.25, 0.3) is 10.9 Å². The van der Waals surface area contributed by atoms with Crippen LogP contribution in [0.5, 0.6) is 5.88 Å². The largest absolute Gasteiger partial charge is 0.493 e. The predicted octanol–water partition coefficient (Wildman–Crippen LogP) is 6.80. The van der Waals surface area contributed by atoms with E-state index in [9.17, 15) is 30.2 Å². The summed E-state index contributed by atoms with van der Waals surface area (Å²) in [6.07, 6.45) is 8.44. The van der Waals surface area contributed by atoms with Gasteiger partial charge in [-0.25, -0.2) is 0 Å². The van der Waals surface area contributed by atoms with Crippen LogP contribution in [0.2, 0.25) is 0 Å². The fourth-order valence-corrected chi connectivity index (χ4v) is 10.2. The molecule has 228 valence electrons. The summed E-state index contributed by atoms with van der Waals surface area (Å²) in [6, 6.07) is 4.13. The van der Waals surface area contributed by atoms with Crippen molar-refractivity contribution in [2.45, 2.75) is 97.2 Å². The quantitative estimate of drug-likeness (QED) is 0.167. The number of benzene rings is 1. The molecular weight excluding hydrogens is 536 g/mol. The average Bonchev–Trinajstić information content (AvgIpc) is 3.46. The zero-order valence-electron chi connectivity index (χ0n) is 24.8. The van der Waals surface area contributed by atoms with Crippen molar-refractivity contribution in [2.24, 2.45) is 56.6 Å². The highest BCUT2D eigenvalue weighted by Crippen LogP contribution is 2.68. The summed E-state index contributed by atoms with van der Waals surface area (Å²) >= 11 is 0. The number of carbonyl (C=O) groups is 1. The summed E-state index contributed by atoms with van der Waals surface area (Å²) in [6.45, 7) is 7.09. The lowest BCUT2D eigenvalue weighted by atomic mass is 9.43. The Morgan fingerprint density at radius 3 is 2.62 bits per heavy atom. The first-order chi connectivity index (χ1) is 19.9. The minimum atomic E-state index is -0.523. The Bertz CT molecular complexity index is 1410. The molecular formula is C32H44N4O6. The van der Waals surface area contributed by atoms with Crippen molar-refractivity contribution in [3.05, 3.63) is 28.3 Å². The number of nitro groups is 1. The van der Waals surface area contributed by atoms with Crippen molar-refractivity contribution in [3.8, 4) is 5.88 Å². The van der Waals surface area contributed by atoms with Gasteiger partial charge in [-0.1, -0.05) is 20.8 Å². The topological polar surface area (TPSA) is 161 Å². The highest BCUT2D eigenvalue weighted by atomic mass is 16.6. The maximum absolute atomic E-state index is 12.8. The Hall–Kier alpha value is -2.85. The predicted molar refractivity (Wildman–Crippen MR) is 157 cm³/mol. The van der Waals surface area contributed by atoms with Crippen LogP contribution in [-0.4, -0.2) is 43.3 Å². The molecule has 0 unspecified atom stereocenters. The third-order valence-corrected chi connectivity index (χ3v) is 12.4. The number of amides is 1. The molecule has 0 radical (unpaired) electrons. The normalized spacial score (nSPS) is 38.6. The van der Waals surface area contributed by atoms with E-state index in [1.807, 2.05) is 0 Å². The summed E-state index contributed by atoms with van der Waals surface area (Å²) in [5, 5.41) is 51.4. The summed E-state index contributed by atoms with van der Waals surface area (Å²) in [7, 11) is 0. The van der Waals surface area contributed by atoms with E-state index in [0.717, 1.165) is 51.4 Å². The molecule has 2 aromatic rings. The summed E-state index contributed by atoms with van der Waals surface area (Å²) in [4.78, 5) is 26.1. The number of hydrogen-bond acceptors (Lipinski definition) is 7. The van der Waals surface area contributed by atoms with Gasteiger partial charge in [-0.2, -0.15) is 0 Å². The second kappa shape index (κ2) is 10.7. The van der Waals surface area contributed by atoms with Gasteiger partial charge in [0, 0.05) is 23.9 Å². The van der Waals surface area contributed by atoms with Gasteiger partial charge in [0.1, 0.15) is 0 Å². The zero-order valence-corrected chi connectivity index (χ0v) is 24.8. The number of azo groups is 1. The maximum atomic E-state index is 12.8. The minimum absolute atomic E-state index is 0.0208. The van der Waals surface area contributed by atoms with Crippen molar-refractivity contribution >= 4 is 28.2 Å². The van der Waals surface area contributed by atoms with Gasteiger partial charge in [0.2, 0.25) is 5.88 Å². The van der Waals surface area contributed by atoms with Crippen molar-refractivity contribution < 1.29 is 25.0 Å². The molecule has 10 heteroatoms. The summed E-state index contributed by atoms with van der Waals surface area (Å²) in [5.41, 5.74) is 0.694. The number of non-ortho nitro benzene ring substituents is 1. The number of nitrogens with one attached hydrogen (secondary N) is 1. The van der Waals surface area contributed by atoms with Gasteiger partial charge >= 0.3 is 0 Å². The van der Waals surface area contributed by atoms with Crippen LogP contribution in [0.3, 0.4) is 0 Å². The first-order valence-corrected chi connectivity index (χ1v) is 15.7. The Morgan fingerprint density at radius 2 is 1.86 bits per heavy atom. The molecule has 4 aliphatic rings. The molecule has 4 saturated carbocycles. The Balaban J connectivity index is 1.11. The molecule has 0 saturated heterocycles. The SMILES string of the molecule is C[C@H](CCC(=O)N=Nc1c(O)[nH]c2ccc([N+](=O)[O-])cc12)[C@@H]1CC[C@@H]2[C@H]3[C@H](O)C[C@H]4C[C@@H](O)CC[C@@]4(C)[C@H]3CC[C@@]21C. The molecule has 4 N–H and O–H groups in total. The second-order valence-electron chi connectivity index (χ2n) is 14.4. The van der Waals surface area contributed by atoms with Crippen LogP contribution in [0, 0.1) is 56.5 Å². The first kappa shape index (κ1) is 29.2. The lowest BCUT2D eigenvalue weighted by molar-refractivity contribution is -0.384. The standard InChI is InChI=1S/C32H44N4O6/c1-17(4-9-27(39)34-35-29-21-16-19(36(41)42)5-8-25(21)33-30(29)40)22-6-7-23-28-24(11-13-32(22,23)3)31(2)12-10-20(37)14-18(31)15-26(28)38/h5,8,16-18,20,22-24,26,28,33,37-38,40H,4,6-7,9-15H2,1-3H3/t17-,18-,20+,22+,23-,24+,26-,28-,31-,32-/m1/s1. The van der Waals surface area contributed by atoms with Gasteiger partial charge in [-0.05, 0) is 110 Å². The highest BCUT2D eigenvalue weighted by Gasteiger charge is 2.62. The molecule has 0 bridgehead atoms. The van der Waals surface area contributed by atoms with E-state index >= 15 is 0 Å². The van der Waals surface area contributed by atoms with Crippen molar-refractivity contribution in [1.29, 1.82) is 0 Å². The molecule has 0 aliphatic heterocycles. The molecule has 0 spiro atoms. The van der Waals surface area contributed by atoms with Gasteiger partial charge in [0.15, 0.2) is 5.69 Å². The Labute approximate surface area is 246 Å².